The summed E-state index contributed by atoms with van der Waals surface area (Å²) in [6, 6.07) is 0. The summed E-state index contributed by atoms with van der Waals surface area (Å²) < 4.78 is 0. The Morgan fingerprint density at radius 3 is 1.93 bits per heavy atom. The molecule has 0 spiro atoms. The van der Waals surface area contributed by atoms with Crippen molar-refractivity contribution in [1.29, 1.82) is 0 Å². The molecule has 4 fully saturated rings. The molecule has 0 radical (unpaired) electrons. The minimum absolute atomic E-state index is 0.222. The molecule has 0 aromatic heterocycles. The molecule has 1 N–H and O–H groups in total. The molecule has 4 aliphatic rings. The third kappa shape index (κ3) is 1.47. The molecule has 84 valence electrons. The van der Waals surface area contributed by atoms with Crippen LogP contribution in [0.3, 0.4) is 0 Å². The second-order valence-corrected chi connectivity index (χ2v) is 6.30. The molecular formula is C14H22O. The summed E-state index contributed by atoms with van der Waals surface area (Å²) in [5.74, 6) is 4.18. The second kappa shape index (κ2) is 3.35. The van der Waals surface area contributed by atoms with Crippen molar-refractivity contribution in [3.05, 3.63) is 12.2 Å². The van der Waals surface area contributed by atoms with Crippen molar-refractivity contribution in [3.63, 3.8) is 0 Å². The predicted molar refractivity (Wildman–Crippen MR) is 61.4 cm³/mol. The van der Waals surface area contributed by atoms with Gasteiger partial charge in [0.2, 0.25) is 0 Å². The molecule has 1 unspecified atom stereocenters. The van der Waals surface area contributed by atoms with Gasteiger partial charge >= 0.3 is 0 Å². The first-order chi connectivity index (χ1) is 7.15. The number of aliphatic hydroxyl groups is 1. The van der Waals surface area contributed by atoms with E-state index in [4.69, 9.17) is 0 Å². The maximum Gasteiger partial charge on any atom is 0.0778 e. The van der Waals surface area contributed by atoms with E-state index in [1.807, 2.05) is 6.92 Å². The van der Waals surface area contributed by atoms with Crippen LogP contribution in [0.5, 0.6) is 0 Å². The summed E-state index contributed by atoms with van der Waals surface area (Å²) in [6.45, 7) is 5.92. The summed E-state index contributed by atoms with van der Waals surface area (Å²) in [7, 11) is 0. The second-order valence-electron chi connectivity index (χ2n) is 6.30. The minimum atomic E-state index is -0.222. The van der Waals surface area contributed by atoms with Crippen molar-refractivity contribution < 1.29 is 5.11 Å². The monoisotopic (exact) mass is 206 g/mol. The molecule has 1 nitrogen and oxygen atoms in total. The molecule has 4 rings (SSSR count). The average Bonchev–Trinajstić information content (AvgIpc) is 2.15. The highest BCUT2D eigenvalue weighted by Crippen LogP contribution is 2.57. The fourth-order valence-electron chi connectivity index (χ4n) is 4.81. The van der Waals surface area contributed by atoms with Gasteiger partial charge in [-0.05, 0) is 68.6 Å². The van der Waals surface area contributed by atoms with Crippen LogP contribution in [-0.2, 0) is 0 Å². The van der Waals surface area contributed by atoms with Gasteiger partial charge in [0.25, 0.3) is 0 Å². The van der Waals surface area contributed by atoms with Gasteiger partial charge in [0.1, 0.15) is 0 Å². The van der Waals surface area contributed by atoms with Gasteiger partial charge in [-0.15, -0.1) is 0 Å². The summed E-state index contributed by atoms with van der Waals surface area (Å²) in [5, 5.41) is 10.3. The molecule has 0 aromatic carbocycles. The molecule has 0 aliphatic heterocycles. The summed E-state index contributed by atoms with van der Waals surface area (Å²) >= 11 is 0. The van der Waals surface area contributed by atoms with E-state index in [1.165, 1.54) is 32.1 Å². The molecule has 0 amide bonds. The van der Waals surface area contributed by atoms with Crippen molar-refractivity contribution in [3.8, 4) is 0 Å². The molecule has 0 saturated heterocycles. The first kappa shape index (κ1) is 9.89. The van der Waals surface area contributed by atoms with Gasteiger partial charge in [-0.3, -0.25) is 0 Å². The van der Waals surface area contributed by atoms with Crippen molar-refractivity contribution in [2.24, 2.45) is 29.6 Å². The zero-order valence-electron chi connectivity index (χ0n) is 9.65. The Morgan fingerprint density at radius 1 is 1.07 bits per heavy atom. The van der Waals surface area contributed by atoms with Gasteiger partial charge in [0, 0.05) is 0 Å². The predicted octanol–water partition coefficient (Wildman–Crippen LogP) is 3.00. The smallest absolute Gasteiger partial charge is 0.0778 e. The molecule has 0 aromatic rings. The van der Waals surface area contributed by atoms with Crippen LogP contribution >= 0.6 is 0 Å². The Labute approximate surface area is 92.6 Å². The number of aliphatic hydroxyl groups excluding tert-OH is 1. The number of rotatable bonds is 2. The van der Waals surface area contributed by atoms with Gasteiger partial charge in [0.05, 0.1) is 6.10 Å². The fraction of sp³-hybridized carbons (Fsp3) is 0.857. The van der Waals surface area contributed by atoms with Crippen LogP contribution in [0.2, 0.25) is 0 Å². The normalized spacial score (nSPS) is 49.3. The molecule has 1 atom stereocenters. The van der Waals surface area contributed by atoms with Gasteiger partial charge in [0.15, 0.2) is 0 Å². The molecular weight excluding hydrogens is 184 g/mol. The van der Waals surface area contributed by atoms with E-state index in [0.717, 1.165) is 29.2 Å². The van der Waals surface area contributed by atoms with Crippen LogP contribution < -0.4 is 0 Å². The standard InChI is InChI=1S/C14H22O/c1-8(2)14(15)13-11-4-9-3-10(6-11)7-12(13)5-9/h9-15H,1,3-7H2,2H3. The van der Waals surface area contributed by atoms with E-state index in [1.54, 1.807) is 0 Å². The first-order valence-electron chi connectivity index (χ1n) is 6.48. The van der Waals surface area contributed by atoms with Crippen LogP contribution in [0, 0.1) is 29.6 Å². The molecule has 0 heterocycles. The van der Waals surface area contributed by atoms with Gasteiger partial charge in [-0.2, -0.15) is 0 Å². The highest BCUT2D eigenvalue weighted by Gasteiger charge is 2.50. The van der Waals surface area contributed by atoms with Crippen molar-refractivity contribution in [2.45, 2.75) is 45.1 Å². The Kier molecular flexibility index (Phi) is 2.21. The lowest BCUT2D eigenvalue weighted by atomic mass is 9.50. The fourth-order valence-corrected chi connectivity index (χ4v) is 4.81. The van der Waals surface area contributed by atoms with Gasteiger partial charge < -0.3 is 5.11 Å². The SMILES string of the molecule is C=C(C)C(O)C1C2CC3CC(C2)CC1C3. The molecule has 15 heavy (non-hydrogen) atoms. The quantitative estimate of drug-likeness (QED) is 0.689. The van der Waals surface area contributed by atoms with E-state index in [-0.39, 0.29) is 6.10 Å². The van der Waals surface area contributed by atoms with Crippen molar-refractivity contribution >= 4 is 0 Å². The van der Waals surface area contributed by atoms with E-state index >= 15 is 0 Å². The Bertz CT molecular complexity index is 253. The van der Waals surface area contributed by atoms with Gasteiger partial charge in [-0.25, -0.2) is 0 Å². The van der Waals surface area contributed by atoms with Gasteiger partial charge in [-0.1, -0.05) is 12.2 Å². The van der Waals surface area contributed by atoms with Crippen LogP contribution in [0.25, 0.3) is 0 Å². The lowest BCUT2D eigenvalue weighted by Gasteiger charge is -2.55. The maximum absolute atomic E-state index is 10.3. The van der Waals surface area contributed by atoms with Crippen LogP contribution in [0.15, 0.2) is 12.2 Å². The minimum Gasteiger partial charge on any atom is -0.388 e. The lowest BCUT2D eigenvalue weighted by molar-refractivity contribution is -0.0789. The number of hydrogen-bond donors (Lipinski definition) is 1. The van der Waals surface area contributed by atoms with Crippen LogP contribution in [-0.4, -0.2) is 11.2 Å². The zero-order chi connectivity index (χ0) is 10.6. The summed E-state index contributed by atoms with van der Waals surface area (Å²) in [4.78, 5) is 0. The number of hydrogen-bond acceptors (Lipinski definition) is 1. The van der Waals surface area contributed by atoms with E-state index < -0.39 is 0 Å². The average molecular weight is 206 g/mol. The molecule has 4 aliphatic carbocycles. The molecule has 1 heteroatoms. The Balaban J connectivity index is 1.83. The Hall–Kier alpha value is -0.300. The Morgan fingerprint density at radius 2 is 1.53 bits per heavy atom. The first-order valence-corrected chi connectivity index (χ1v) is 6.48. The molecule has 4 bridgehead atoms. The third-order valence-corrected chi connectivity index (χ3v) is 5.17. The van der Waals surface area contributed by atoms with Crippen LogP contribution in [0.1, 0.15) is 39.0 Å². The topological polar surface area (TPSA) is 20.2 Å². The van der Waals surface area contributed by atoms with E-state index in [0.29, 0.717) is 5.92 Å². The largest absolute Gasteiger partial charge is 0.388 e. The van der Waals surface area contributed by atoms with Crippen LogP contribution in [0.4, 0.5) is 0 Å². The van der Waals surface area contributed by atoms with Crippen molar-refractivity contribution in [1.82, 2.24) is 0 Å². The third-order valence-electron chi connectivity index (χ3n) is 5.17. The van der Waals surface area contributed by atoms with E-state index in [9.17, 15) is 5.11 Å². The highest BCUT2D eigenvalue weighted by atomic mass is 16.3. The van der Waals surface area contributed by atoms with Crippen molar-refractivity contribution in [2.75, 3.05) is 0 Å². The summed E-state index contributed by atoms with van der Waals surface area (Å²) in [6.07, 6.45) is 6.83. The summed E-state index contributed by atoms with van der Waals surface area (Å²) in [5.41, 5.74) is 0.979. The maximum atomic E-state index is 10.3. The van der Waals surface area contributed by atoms with E-state index in [2.05, 4.69) is 6.58 Å². The molecule has 4 saturated carbocycles. The zero-order valence-corrected chi connectivity index (χ0v) is 9.65. The lowest BCUT2D eigenvalue weighted by Crippen LogP contribution is -2.49. The highest BCUT2D eigenvalue weighted by molar-refractivity contribution is 5.08.